The molecular weight excluding hydrogens is 256 g/mol. The zero-order valence-corrected chi connectivity index (χ0v) is 12.9. The highest BCUT2D eigenvalue weighted by atomic mass is 32.1. The van der Waals surface area contributed by atoms with Gasteiger partial charge in [0, 0.05) is 23.8 Å². The van der Waals surface area contributed by atoms with Crippen LogP contribution in [0.15, 0.2) is 11.6 Å². The number of anilines is 1. The third-order valence-corrected chi connectivity index (χ3v) is 4.21. The van der Waals surface area contributed by atoms with E-state index in [4.69, 9.17) is 0 Å². The van der Waals surface area contributed by atoms with E-state index in [1.54, 1.807) is 11.3 Å². The van der Waals surface area contributed by atoms with Crippen molar-refractivity contribution in [2.24, 2.45) is 0 Å². The van der Waals surface area contributed by atoms with Gasteiger partial charge in [0.15, 0.2) is 0 Å². The molecule has 0 aliphatic heterocycles. The maximum absolute atomic E-state index is 4.58. The molecule has 0 bridgehead atoms. The van der Waals surface area contributed by atoms with Gasteiger partial charge in [-0.25, -0.2) is 9.97 Å². The molecule has 2 aromatic heterocycles. The standard InChI is InChI=1S/C14H22N4S/c1-5-6-7-15-14-17-10(2)8-18(14)12(4)13-16-11(3)9-19-13/h8-9,12H,5-7H2,1-4H3,(H,15,17). The Bertz CT molecular complexity index is 529. The van der Waals surface area contributed by atoms with Gasteiger partial charge >= 0.3 is 0 Å². The van der Waals surface area contributed by atoms with Crippen LogP contribution in [0.25, 0.3) is 0 Å². The minimum absolute atomic E-state index is 0.226. The molecule has 19 heavy (non-hydrogen) atoms. The smallest absolute Gasteiger partial charge is 0.203 e. The lowest BCUT2D eigenvalue weighted by Crippen LogP contribution is -2.12. The van der Waals surface area contributed by atoms with Crippen molar-refractivity contribution in [3.8, 4) is 0 Å². The first-order valence-corrected chi connectivity index (χ1v) is 7.71. The van der Waals surface area contributed by atoms with Crippen LogP contribution >= 0.6 is 11.3 Å². The van der Waals surface area contributed by atoms with Gasteiger partial charge in [-0.1, -0.05) is 13.3 Å². The fourth-order valence-electron chi connectivity index (χ4n) is 2.00. The van der Waals surface area contributed by atoms with Crippen LogP contribution in [0.5, 0.6) is 0 Å². The Hall–Kier alpha value is -1.36. The third kappa shape index (κ3) is 3.35. The van der Waals surface area contributed by atoms with Gasteiger partial charge in [0.1, 0.15) is 5.01 Å². The first-order chi connectivity index (χ1) is 9.11. The molecule has 1 N–H and O–H groups in total. The van der Waals surface area contributed by atoms with Crippen LogP contribution in [0.4, 0.5) is 5.95 Å². The van der Waals surface area contributed by atoms with Crippen LogP contribution < -0.4 is 5.32 Å². The van der Waals surface area contributed by atoms with Crippen molar-refractivity contribution in [1.82, 2.24) is 14.5 Å². The quantitative estimate of drug-likeness (QED) is 0.818. The number of hydrogen-bond donors (Lipinski definition) is 1. The Morgan fingerprint density at radius 2 is 2.11 bits per heavy atom. The number of aryl methyl sites for hydroxylation is 2. The zero-order chi connectivity index (χ0) is 13.8. The van der Waals surface area contributed by atoms with Crippen molar-refractivity contribution < 1.29 is 0 Å². The Balaban J connectivity index is 2.18. The second-order valence-corrected chi connectivity index (χ2v) is 5.79. The lowest BCUT2D eigenvalue weighted by Gasteiger charge is -2.14. The minimum Gasteiger partial charge on any atom is -0.356 e. The average Bonchev–Trinajstić information content (AvgIpc) is 2.95. The van der Waals surface area contributed by atoms with E-state index in [9.17, 15) is 0 Å². The lowest BCUT2D eigenvalue weighted by atomic mass is 10.3. The molecule has 0 aliphatic rings. The van der Waals surface area contributed by atoms with Crippen LogP contribution in [0, 0.1) is 13.8 Å². The molecule has 0 aromatic carbocycles. The van der Waals surface area contributed by atoms with Crippen LogP contribution in [0.2, 0.25) is 0 Å². The highest BCUT2D eigenvalue weighted by Gasteiger charge is 2.16. The molecule has 0 saturated heterocycles. The second kappa shape index (κ2) is 6.19. The third-order valence-electron chi connectivity index (χ3n) is 3.08. The summed E-state index contributed by atoms with van der Waals surface area (Å²) in [6.45, 7) is 9.40. The average molecular weight is 278 g/mol. The van der Waals surface area contributed by atoms with Gasteiger partial charge in [0.2, 0.25) is 5.95 Å². The second-order valence-electron chi connectivity index (χ2n) is 4.90. The van der Waals surface area contributed by atoms with E-state index in [0.29, 0.717) is 0 Å². The van der Waals surface area contributed by atoms with Gasteiger partial charge in [-0.2, -0.15) is 0 Å². The number of nitrogens with one attached hydrogen (secondary N) is 1. The molecule has 4 nitrogen and oxygen atoms in total. The minimum atomic E-state index is 0.226. The van der Waals surface area contributed by atoms with E-state index in [1.165, 1.54) is 6.42 Å². The van der Waals surface area contributed by atoms with E-state index in [0.717, 1.165) is 35.3 Å². The number of hydrogen-bond acceptors (Lipinski definition) is 4. The lowest BCUT2D eigenvalue weighted by molar-refractivity contribution is 0.635. The van der Waals surface area contributed by atoms with E-state index < -0.39 is 0 Å². The number of unbranched alkanes of at least 4 members (excludes halogenated alkanes) is 1. The molecule has 1 atom stereocenters. The number of rotatable bonds is 6. The molecule has 1 unspecified atom stereocenters. The Morgan fingerprint density at radius 1 is 1.32 bits per heavy atom. The highest BCUT2D eigenvalue weighted by molar-refractivity contribution is 7.09. The van der Waals surface area contributed by atoms with Crippen LogP contribution in [0.1, 0.15) is 49.1 Å². The summed E-state index contributed by atoms with van der Waals surface area (Å²) in [5, 5.41) is 6.65. The highest BCUT2D eigenvalue weighted by Crippen LogP contribution is 2.25. The van der Waals surface area contributed by atoms with Gasteiger partial charge in [-0.05, 0) is 27.2 Å². The molecule has 2 aromatic rings. The maximum atomic E-state index is 4.58. The molecule has 0 fully saturated rings. The van der Waals surface area contributed by atoms with Crippen LogP contribution in [-0.2, 0) is 0 Å². The fraction of sp³-hybridized carbons (Fsp3) is 0.571. The molecule has 0 spiro atoms. The number of aromatic nitrogens is 3. The van der Waals surface area contributed by atoms with Gasteiger partial charge in [-0.3, -0.25) is 0 Å². The van der Waals surface area contributed by atoms with Crippen LogP contribution in [0.3, 0.4) is 0 Å². The van der Waals surface area contributed by atoms with E-state index in [1.807, 2.05) is 13.8 Å². The van der Waals surface area contributed by atoms with Crippen molar-refractivity contribution >= 4 is 17.3 Å². The van der Waals surface area contributed by atoms with Crippen molar-refractivity contribution in [1.29, 1.82) is 0 Å². The zero-order valence-electron chi connectivity index (χ0n) is 12.1. The molecule has 0 amide bonds. The molecule has 2 heterocycles. The number of imidazole rings is 1. The SMILES string of the molecule is CCCCNc1nc(C)cn1C(C)c1nc(C)cs1. The molecule has 2 rings (SSSR count). The molecular formula is C14H22N4S. The first-order valence-electron chi connectivity index (χ1n) is 6.83. The van der Waals surface area contributed by atoms with E-state index in [-0.39, 0.29) is 6.04 Å². The molecule has 0 radical (unpaired) electrons. The van der Waals surface area contributed by atoms with Gasteiger partial charge < -0.3 is 9.88 Å². The summed E-state index contributed by atoms with van der Waals surface area (Å²) in [5.74, 6) is 0.950. The summed E-state index contributed by atoms with van der Waals surface area (Å²) in [5.41, 5.74) is 2.13. The fourth-order valence-corrected chi connectivity index (χ4v) is 2.85. The summed E-state index contributed by atoms with van der Waals surface area (Å²) in [7, 11) is 0. The summed E-state index contributed by atoms with van der Waals surface area (Å²) < 4.78 is 2.18. The Morgan fingerprint density at radius 3 is 2.74 bits per heavy atom. The van der Waals surface area contributed by atoms with E-state index in [2.05, 4.69) is 45.3 Å². The monoisotopic (exact) mass is 278 g/mol. The Labute approximate surface area is 118 Å². The number of nitrogens with zero attached hydrogens (tertiary/aromatic N) is 3. The molecule has 104 valence electrons. The first kappa shape index (κ1) is 14.1. The van der Waals surface area contributed by atoms with Gasteiger partial charge in [0.25, 0.3) is 0 Å². The number of thiazole rings is 1. The van der Waals surface area contributed by atoms with Crippen molar-refractivity contribution in [2.45, 2.75) is 46.6 Å². The maximum Gasteiger partial charge on any atom is 0.203 e. The summed E-state index contributed by atoms with van der Waals surface area (Å²) in [4.78, 5) is 9.14. The normalized spacial score (nSPS) is 12.6. The van der Waals surface area contributed by atoms with Crippen molar-refractivity contribution in [3.05, 3.63) is 28.0 Å². The van der Waals surface area contributed by atoms with Crippen LogP contribution in [-0.4, -0.2) is 21.1 Å². The molecule has 0 aliphatic carbocycles. The molecule has 0 saturated carbocycles. The molecule has 5 heteroatoms. The summed E-state index contributed by atoms with van der Waals surface area (Å²) in [6.07, 6.45) is 4.44. The topological polar surface area (TPSA) is 42.7 Å². The van der Waals surface area contributed by atoms with Crippen molar-refractivity contribution in [3.63, 3.8) is 0 Å². The Kier molecular flexibility index (Phi) is 4.58. The largest absolute Gasteiger partial charge is 0.356 e. The van der Waals surface area contributed by atoms with E-state index >= 15 is 0 Å². The predicted molar refractivity (Wildman–Crippen MR) is 81.0 cm³/mol. The van der Waals surface area contributed by atoms with Gasteiger partial charge in [0.05, 0.1) is 11.7 Å². The summed E-state index contributed by atoms with van der Waals surface area (Å²) in [6, 6.07) is 0.226. The van der Waals surface area contributed by atoms with Crippen molar-refractivity contribution in [2.75, 3.05) is 11.9 Å². The summed E-state index contributed by atoms with van der Waals surface area (Å²) >= 11 is 1.71. The predicted octanol–water partition coefficient (Wildman–Crippen LogP) is 3.78. The van der Waals surface area contributed by atoms with Gasteiger partial charge in [-0.15, -0.1) is 11.3 Å².